The van der Waals surface area contributed by atoms with Gasteiger partial charge in [-0.15, -0.1) is 11.3 Å². The van der Waals surface area contributed by atoms with Gasteiger partial charge in [0.05, 0.1) is 23.6 Å². The van der Waals surface area contributed by atoms with Crippen LogP contribution in [0.15, 0.2) is 30.3 Å². The average molecular weight is 360 g/mol. The minimum Gasteiger partial charge on any atom is -0.462 e. The van der Waals surface area contributed by atoms with Crippen LogP contribution in [0.1, 0.15) is 39.4 Å². The van der Waals surface area contributed by atoms with Gasteiger partial charge in [-0.05, 0) is 38.5 Å². The van der Waals surface area contributed by atoms with E-state index in [0.29, 0.717) is 26.7 Å². The fraction of sp³-hybridized carbons (Fsp3) is 0.278. The minimum absolute atomic E-state index is 0.0292. The Hall–Kier alpha value is -2.67. The molecule has 1 aromatic carbocycles. The summed E-state index contributed by atoms with van der Waals surface area (Å²) < 4.78 is 5.06. The number of esters is 1. The molecule has 0 bridgehead atoms. The SMILES string of the molecule is CCOC(=O)c1c(NCC(=O)Nc2ccccc2)sc(C(C)=O)c1C. The molecular weight excluding hydrogens is 340 g/mol. The van der Waals surface area contributed by atoms with E-state index in [0.717, 1.165) is 11.3 Å². The number of thiophene rings is 1. The Morgan fingerprint density at radius 2 is 1.84 bits per heavy atom. The van der Waals surface area contributed by atoms with E-state index in [1.54, 1.807) is 26.0 Å². The molecule has 7 heteroatoms. The van der Waals surface area contributed by atoms with Gasteiger partial charge >= 0.3 is 5.97 Å². The summed E-state index contributed by atoms with van der Waals surface area (Å²) in [5, 5.41) is 6.15. The number of amides is 1. The highest BCUT2D eigenvalue weighted by atomic mass is 32.1. The zero-order valence-corrected chi connectivity index (χ0v) is 15.2. The summed E-state index contributed by atoms with van der Waals surface area (Å²) in [5.74, 6) is -0.888. The first kappa shape index (κ1) is 18.7. The molecular formula is C18H20N2O4S. The lowest BCUT2D eigenvalue weighted by molar-refractivity contribution is -0.114. The molecule has 0 saturated heterocycles. The lowest BCUT2D eigenvalue weighted by Gasteiger charge is -2.08. The van der Waals surface area contributed by atoms with Crippen LogP contribution < -0.4 is 10.6 Å². The largest absolute Gasteiger partial charge is 0.462 e. The van der Waals surface area contributed by atoms with Gasteiger partial charge in [0.25, 0.3) is 0 Å². The van der Waals surface area contributed by atoms with Crippen molar-refractivity contribution in [3.05, 3.63) is 46.3 Å². The van der Waals surface area contributed by atoms with Crippen molar-refractivity contribution in [1.82, 2.24) is 0 Å². The second-order valence-corrected chi connectivity index (χ2v) is 6.33. The lowest BCUT2D eigenvalue weighted by Crippen LogP contribution is -2.22. The standard InChI is InChI=1S/C18H20N2O4S/c1-4-24-18(23)15-11(2)16(12(3)21)25-17(15)19-10-14(22)20-13-8-6-5-7-9-13/h5-9,19H,4,10H2,1-3H3,(H,20,22). The number of anilines is 2. The number of benzene rings is 1. The lowest BCUT2D eigenvalue weighted by atomic mass is 10.1. The van der Waals surface area contributed by atoms with Crippen molar-refractivity contribution >= 4 is 39.7 Å². The van der Waals surface area contributed by atoms with Crippen LogP contribution in [0.2, 0.25) is 0 Å². The van der Waals surface area contributed by atoms with Crippen LogP contribution in [0.5, 0.6) is 0 Å². The summed E-state index contributed by atoms with van der Waals surface area (Å²) in [6.07, 6.45) is 0. The van der Waals surface area contributed by atoms with E-state index in [4.69, 9.17) is 4.74 Å². The van der Waals surface area contributed by atoms with E-state index in [-0.39, 0.29) is 24.8 Å². The molecule has 1 aromatic heterocycles. The van der Waals surface area contributed by atoms with Crippen molar-refractivity contribution in [2.45, 2.75) is 20.8 Å². The third kappa shape index (κ3) is 4.67. The van der Waals surface area contributed by atoms with Crippen LogP contribution in [-0.4, -0.2) is 30.8 Å². The van der Waals surface area contributed by atoms with Gasteiger partial charge in [-0.3, -0.25) is 9.59 Å². The predicted molar refractivity (Wildman–Crippen MR) is 98.6 cm³/mol. The molecule has 0 unspecified atom stereocenters. The van der Waals surface area contributed by atoms with Crippen molar-refractivity contribution in [2.24, 2.45) is 0 Å². The molecule has 1 amide bonds. The van der Waals surface area contributed by atoms with Gasteiger partial charge in [-0.1, -0.05) is 18.2 Å². The van der Waals surface area contributed by atoms with Gasteiger partial charge < -0.3 is 15.4 Å². The molecule has 2 N–H and O–H groups in total. The quantitative estimate of drug-likeness (QED) is 0.583. The number of nitrogens with one attached hydrogen (secondary N) is 2. The number of hydrogen-bond acceptors (Lipinski definition) is 6. The van der Waals surface area contributed by atoms with Gasteiger partial charge in [0, 0.05) is 5.69 Å². The Balaban J connectivity index is 2.15. The summed E-state index contributed by atoms with van der Waals surface area (Å²) in [6, 6.07) is 9.07. The van der Waals surface area contributed by atoms with Gasteiger partial charge in [-0.2, -0.15) is 0 Å². The van der Waals surface area contributed by atoms with Crippen molar-refractivity contribution in [3.8, 4) is 0 Å². The molecule has 0 atom stereocenters. The summed E-state index contributed by atoms with van der Waals surface area (Å²) in [5.41, 5.74) is 1.57. The molecule has 25 heavy (non-hydrogen) atoms. The molecule has 1 heterocycles. The number of hydrogen-bond donors (Lipinski definition) is 2. The van der Waals surface area contributed by atoms with E-state index < -0.39 is 5.97 Å². The van der Waals surface area contributed by atoms with Crippen molar-refractivity contribution < 1.29 is 19.1 Å². The molecule has 2 aromatic rings. The smallest absolute Gasteiger partial charge is 0.341 e. The second kappa shape index (κ2) is 8.43. The van der Waals surface area contributed by atoms with E-state index >= 15 is 0 Å². The third-order valence-electron chi connectivity index (χ3n) is 3.41. The van der Waals surface area contributed by atoms with E-state index in [1.165, 1.54) is 6.92 Å². The average Bonchev–Trinajstić information content (AvgIpc) is 2.91. The minimum atomic E-state index is -0.505. The van der Waals surface area contributed by atoms with E-state index in [9.17, 15) is 14.4 Å². The Kier molecular flexibility index (Phi) is 6.30. The highest BCUT2D eigenvalue weighted by Gasteiger charge is 2.24. The molecule has 0 fully saturated rings. The van der Waals surface area contributed by atoms with Gasteiger partial charge in [0.2, 0.25) is 5.91 Å². The fourth-order valence-electron chi connectivity index (χ4n) is 2.31. The Morgan fingerprint density at radius 1 is 1.16 bits per heavy atom. The third-order valence-corrected chi connectivity index (χ3v) is 4.76. The van der Waals surface area contributed by atoms with Gasteiger partial charge in [-0.25, -0.2) is 4.79 Å². The maximum atomic E-state index is 12.2. The first-order valence-corrected chi connectivity index (χ1v) is 8.65. The number of ether oxygens (including phenoxy) is 1. The number of rotatable bonds is 7. The zero-order chi connectivity index (χ0) is 18.4. The van der Waals surface area contributed by atoms with Gasteiger partial charge in [0.1, 0.15) is 5.00 Å². The van der Waals surface area contributed by atoms with Crippen LogP contribution >= 0.6 is 11.3 Å². The molecule has 0 spiro atoms. The number of Topliss-reactive ketones (excluding diaryl/α,β-unsaturated/α-hetero) is 1. The summed E-state index contributed by atoms with van der Waals surface area (Å²) in [4.78, 5) is 36.5. The molecule has 0 aliphatic carbocycles. The van der Waals surface area contributed by atoms with Crippen LogP contribution in [0, 0.1) is 6.92 Å². The first-order chi connectivity index (χ1) is 11.9. The molecule has 6 nitrogen and oxygen atoms in total. The van der Waals surface area contributed by atoms with Gasteiger partial charge in [0.15, 0.2) is 5.78 Å². The van der Waals surface area contributed by atoms with Crippen LogP contribution in [0.3, 0.4) is 0 Å². The number of carbonyl (C=O) groups is 3. The van der Waals surface area contributed by atoms with Crippen molar-refractivity contribution in [3.63, 3.8) is 0 Å². The summed E-state index contributed by atoms with van der Waals surface area (Å²) in [7, 11) is 0. The molecule has 0 aliphatic heterocycles. The molecule has 0 aliphatic rings. The highest BCUT2D eigenvalue weighted by Crippen LogP contribution is 2.33. The fourth-order valence-corrected chi connectivity index (χ4v) is 3.40. The number of para-hydroxylation sites is 1. The topological polar surface area (TPSA) is 84.5 Å². The van der Waals surface area contributed by atoms with E-state index in [1.807, 2.05) is 18.2 Å². The normalized spacial score (nSPS) is 10.2. The molecule has 0 saturated carbocycles. The maximum Gasteiger partial charge on any atom is 0.341 e. The Labute approximate surface area is 150 Å². The van der Waals surface area contributed by atoms with E-state index in [2.05, 4.69) is 10.6 Å². The second-order valence-electron chi connectivity index (χ2n) is 5.30. The predicted octanol–water partition coefficient (Wildman–Crippen LogP) is 3.49. The van der Waals surface area contributed by atoms with Crippen molar-refractivity contribution in [1.29, 1.82) is 0 Å². The van der Waals surface area contributed by atoms with Crippen LogP contribution in [0.25, 0.3) is 0 Å². The Bertz CT molecular complexity index is 784. The van der Waals surface area contributed by atoms with Crippen molar-refractivity contribution in [2.75, 3.05) is 23.8 Å². The summed E-state index contributed by atoms with van der Waals surface area (Å²) in [6.45, 7) is 5.07. The Morgan fingerprint density at radius 3 is 2.44 bits per heavy atom. The first-order valence-electron chi connectivity index (χ1n) is 7.84. The van der Waals surface area contributed by atoms with Crippen LogP contribution in [-0.2, 0) is 9.53 Å². The highest BCUT2D eigenvalue weighted by molar-refractivity contribution is 7.18. The molecule has 0 radical (unpaired) electrons. The number of carbonyl (C=O) groups excluding carboxylic acids is 3. The monoisotopic (exact) mass is 360 g/mol. The van der Waals surface area contributed by atoms with Crippen LogP contribution in [0.4, 0.5) is 10.7 Å². The molecule has 2 rings (SSSR count). The molecule has 132 valence electrons. The summed E-state index contributed by atoms with van der Waals surface area (Å²) >= 11 is 1.16. The maximum absolute atomic E-state index is 12.2. The number of ketones is 1. The zero-order valence-electron chi connectivity index (χ0n) is 14.3.